The number of carboxylic acids is 2. The molecule has 3 rings (SSSR count). The van der Waals surface area contributed by atoms with Crippen molar-refractivity contribution < 1.29 is 29.3 Å². The van der Waals surface area contributed by atoms with Gasteiger partial charge in [0.15, 0.2) is 0 Å². The molecule has 20 heavy (non-hydrogen) atoms. The van der Waals surface area contributed by atoms with E-state index in [9.17, 15) is 19.8 Å². The molecule has 0 aromatic carbocycles. The molecule has 1 fully saturated rings. The summed E-state index contributed by atoms with van der Waals surface area (Å²) >= 11 is 0. The zero-order valence-corrected chi connectivity index (χ0v) is 11.7. The molecule has 0 aromatic heterocycles. The third-order valence-corrected chi connectivity index (χ3v) is 4.30. The van der Waals surface area contributed by atoms with E-state index < -0.39 is 35.0 Å². The van der Waals surface area contributed by atoms with Crippen molar-refractivity contribution in [1.82, 2.24) is 0 Å². The fourth-order valence-electron chi connectivity index (χ4n) is 3.58. The van der Waals surface area contributed by atoms with Gasteiger partial charge in [-0.1, -0.05) is 12.2 Å². The van der Waals surface area contributed by atoms with Crippen molar-refractivity contribution >= 4 is 11.9 Å². The molecule has 0 spiro atoms. The summed E-state index contributed by atoms with van der Waals surface area (Å²) in [6, 6.07) is 0. The molecule has 0 aromatic rings. The summed E-state index contributed by atoms with van der Waals surface area (Å²) in [6.07, 6.45) is 4.29. The Morgan fingerprint density at radius 1 is 1.00 bits per heavy atom. The van der Waals surface area contributed by atoms with E-state index in [0.717, 1.165) is 0 Å². The molecular formula is C14H20O6. The first kappa shape index (κ1) is 15.0. The van der Waals surface area contributed by atoms with Crippen LogP contribution in [0.5, 0.6) is 0 Å². The van der Waals surface area contributed by atoms with Crippen LogP contribution in [0, 0.1) is 11.8 Å². The van der Waals surface area contributed by atoms with Gasteiger partial charge in [-0.2, -0.15) is 0 Å². The van der Waals surface area contributed by atoms with Crippen molar-refractivity contribution in [3.63, 3.8) is 0 Å². The van der Waals surface area contributed by atoms with Gasteiger partial charge in [0, 0.05) is 13.2 Å². The molecule has 3 aliphatic rings. The molecule has 2 N–H and O–H groups in total. The molecule has 0 amide bonds. The first-order valence-corrected chi connectivity index (χ1v) is 6.86. The molecule has 0 aliphatic heterocycles. The van der Waals surface area contributed by atoms with Crippen molar-refractivity contribution in [2.75, 3.05) is 13.2 Å². The summed E-state index contributed by atoms with van der Waals surface area (Å²) in [5.74, 6) is -4.58. The predicted octanol–water partition coefficient (Wildman–Crippen LogP) is 1.30. The van der Waals surface area contributed by atoms with Crippen molar-refractivity contribution in [1.29, 1.82) is 0 Å². The monoisotopic (exact) mass is 284 g/mol. The SMILES string of the molecule is CCO[C@]12C=C[C@](OCC)(CC1)[C@H](C(=O)O)[C@@H]2C(=O)O. The molecule has 0 radical (unpaired) electrons. The van der Waals surface area contributed by atoms with Crippen LogP contribution in [0.25, 0.3) is 0 Å². The van der Waals surface area contributed by atoms with Crippen LogP contribution >= 0.6 is 0 Å². The van der Waals surface area contributed by atoms with Crippen molar-refractivity contribution in [2.24, 2.45) is 11.8 Å². The number of carboxylic acid groups (broad SMARTS) is 2. The number of ether oxygens (including phenoxy) is 2. The molecule has 2 bridgehead atoms. The lowest BCUT2D eigenvalue weighted by atomic mass is 9.57. The second-order valence-electron chi connectivity index (χ2n) is 5.24. The van der Waals surface area contributed by atoms with Gasteiger partial charge in [0.1, 0.15) is 23.0 Å². The Morgan fingerprint density at radius 3 is 1.55 bits per heavy atom. The van der Waals surface area contributed by atoms with Gasteiger partial charge in [-0.05, 0) is 26.7 Å². The molecule has 0 heterocycles. The average molecular weight is 284 g/mol. The lowest BCUT2D eigenvalue weighted by Crippen LogP contribution is -2.65. The van der Waals surface area contributed by atoms with E-state index in [1.54, 1.807) is 26.0 Å². The molecule has 4 atom stereocenters. The largest absolute Gasteiger partial charge is 0.481 e. The van der Waals surface area contributed by atoms with Crippen LogP contribution in [0.3, 0.4) is 0 Å². The number of aliphatic carboxylic acids is 2. The quantitative estimate of drug-likeness (QED) is 0.714. The van der Waals surface area contributed by atoms with Crippen LogP contribution < -0.4 is 0 Å². The molecule has 112 valence electrons. The number of hydrogen-bond acceptors (Lipinski definition) is 4. The Balaban J connectivity index is 2.53. The summed E-state index contributed by atoms with van der Waals surface area (Å²) in [5, 5.41) is 19.0. The van der Waals surface area contributed by atoms with Gasteiger partial charge in [-0.25, -0.2) is 0 Å². The fourth-order valence-corrected chi connectivity index (χ4v) is 3.58. The fraction of sp³-hybridized carbons (Fsp3) is 0.714. The summed E-state index contributed by atoms with van der Waals surface area (Å²) in [7, 11) is 0. The minimum Gasteiger partial charge on any atom is -0.481 e. The third-order valence-electron chi connectivity index (χ3n) is 4.30. The van der Waals surface area contributed by atoms with E-state index in [2.05, 4.69) is 0 Å². The highest BCUT2D eigenvalue weighted by atomic mass is 16.5. The molecule has 0 saturated heterocycles. The van der Waals surface area contributed by atoms with Crippen LogP contribution in [0.2, 0.25) is 0 Å². The standard InChI is InChI=1S/C14H20O6/c1-3-19-13-5-7-14(8-6-13,20-4-2)10(12(17)18)9(13)11(15)16/h5,7,9-10H,3-4,6,8H2,1-2H3,(H,15,16)(H,17,18)/t9-,10+,13-,14+. The first-order chi connectivity index (χ1) is 9.42. The molecule has 0 unspecified atom stereocenters. The Morgan fingerprint density at radius 2 is 1.35 bits per heavy atom. The zero-order chi connectivity index (χ0) is 15.0. The maximum atomic E-state index is 11.7. The number of hydrogen-bond donors (Lipinski definition) is 2. The van der Waals surface area contributed by atoms with Gasteiger partial charge >= 0.3 is 11.9 Å². The minimum absolute atomic E-state index is 0.335. The summed E-state index contributed by atoms with van der Waals surface area (Å²) in [4.78, 5) is 23.3. The van der Waals surface area contributed by atoms with Gasteiger partial charge in [0.05, 0.1) is 0 Å². The number of fused-ring (bicyclic) bond motifs is 2. The van der Waals surface area contributed by atoms with Crippen LogP contribution in [-0.2, 0) is 19.1 Å². The normalized spacial score (nSPS) is 38.9. The second-order valence-corrected chi connectivity index (χ2v) is 5.24. The number of rotatable bonds is 6. The highest BCUT2D eigenvalue weighted by Gasteiger charge is 2.64. The summed E-state index contributed by atoms with van der Waals surface area (Å²) in [6.45, 7) is 4.22. The topological polar surface area (TPSA) is 93.1 Å². The summed E-state index contributed by atoms with van der Waals surface area (Å²) in [5.41, 5.74) is -2.08. The van der Waals surface area contributed by atoms with Crippen LogP contribution in [0.1, 0.15) is 26.7 Å². The molecule has 1 saturated carbocycles. The Bertz CT molecular complexity index is 405. The first-order valence-electron chi connectivity index (χ1n) is 6.86. The van der Waals surface area contributed by atoms with E-state index in [0.29, 0.717) is 26.1 Å². The molecular weight excluding hydrogens is 264 g/mol. The number of carbonyl (C=O) groups is 2. The minimum atomic E-state index is -1.15. The predicted molar refractivity (Wildman–Crippen MR) is 69.3 cm³/mol. The van der Waals surface area contributed by atoms with Crippen molar-refractivity contribution in [2.45, 2.75) is 37.9 Å². The maximum Gasteiger partial charge on any atom is 0.310 e. The molecule has 3 aliphatic carbocycles. The molecule has 6 heteroatoms. The maximum absolute atomic E-state index is 11.7. The van der Waals surface area contributed by atoms with E-state index in [-0.39, 0.29) is 0 Å². The highest BCUT2D eigenvalue weighted by molar-refractivity contribution is 5.84. The van der Waals surface area contributed by atoms with E-state index >= 15 is 0 Å². The van der Waals surface area contributed by atoms with E-state index in [1.165, 1.54) is 0 Å². The smallest absolute Gasteiger partial charge is 0.310 e. The zero-order valence-electron chi connectivity index (χ0n) is 11.7. The van der Waals surface area contributed by atoms with Crippen molar-refractivity contribution in [3.8, 4) is 0 Å². The van der Waals surface area contributed by atoms with E-state index in [4.69, 9.17) is 9.47 Å². The third kappa shape index (κ3) is 2.03. The average Bonchev–Trinajstić information content (AvgIpc) is 2.39. The summed E-state index contributed by atoms with van der Waals surface area (Å²) < 4.78 is 11.3. The van der Waals surface area contributed by atoms with Gasteiger partial charge in [-0.15, -0.1) is 0 Å². The second kappa shape index (κ2) is 5.18. The van der Waals surface area contributed by atoms with Crippen LogP contribution in [-0.4, -0.2) is 46.6 Å². The van der Waals surface area contributed by atoms with Gasteiger partial charge < -0.3 is 19.7 Å². The lowest BCUT2D eigenvalue weighted by molar-refractivity contribution is -0.206. The Kier molecular flexibility index (Phi) is 3.88. The lowest BCUT2D eigenvalue weighted by Gasteiger charge is -2.54. The van der Waals surface area contributed by atoms with E-state index in [1.807, 2.05) is 0 Å². The van der Waals surface area contributed by atoms with Crippen LogP contribution in [0.15, 0.2) is 12.2 Å². The van der Waals surface area contributed by atoms with Gasteiger partial charge in [0.2, 0.25) is 0 Å². The van der Waals surface area contributed by atoms with Gasteiger partial charge in [-0.3, -0.25) is 9.59 Å². The highest BCUT2D eigenvalue weighted by Crippen LogP contribution is 2.53. The van der Waals surface area contributed by atoms with Crippen LogP contribution in [0.4, 0.5) is 0 Å². The molecule has 6 nitrogen and oxygen atoms in total. The Labute approximate surface area is 117 Å². The van der Waals surface area contributed by atoms with Crippen molar-refractivity contribution in [3.05, 3.63) is 12.2 Å². The Hall–Kier alpha value is -1.40. The van der Waals surface area contributed by atoms with Gasteiger partial charge in [0.25, 0.3) is 0 Å².